The van der Waals surface area contributed by atoms with Gasteiger partial charge in [0.05, 0.1) is 0 Å². The van der Waals surface area contributed by atoms with E-state index in [9.17, 15) is 14.4 Å². The van der Waals surface area contributed by atoms with Crippen molar-refractivity contribution in [3.63, 3.8) is 0 Å². The van der Waals surface area contributed by atoms with Crippen LogP contribution in [0.5, 0.6) is 0 Å². The number of hydrogen-bond acceptors (Lipinski definition) is 9. The molecule has 12 heteroatoms. The number of nitrogens with zero attached hydrogens (tertiary/aromatic N) is 3. The monoisotopic (exact) mass is 398 g/mol. The Morgan fingerprint density at radius 1 is 1.46 bits per heavy atom. The molecule has 0 aromatic carbocycles. The van der Waals surface area contributed by atoms with Crippen molar-refractivity contribution in [2.24, 2.45) is 10.1 Å². The predicted molar refractivity (Wildman–Crippen MR) is 94.4 cm³/mol. The summed E-state index contributed by atoms with van der Waals surface area (Å²) in [5.74, 6) is -0.617. The second-order valence-corrected chi connectivity index (χ2v) is 6.53. The first-order chi connectivity index (χ1) is 13.1. The van der Waals surface area contributed by atoms with Gasteiger partial charge in [-0.25, -0.2) is 14.6 Å². The van der Waals surface area contributed by atoms with Crippen LogP contribution in [0.25, 0.3) is 0 Å². The molecular formula is C16H22N4O8. The number of nitrogens with one attached hydrogen (secondary N) is 1. The molecule has 3 atom stereocenters. The number of ether oxygens (including phenoxy) is 3. The third-order valence-electron chi connectivity index (χ3n) is 3.96. The van der Waals surface area contributed by atoms with Gasteiger partial charge in [0.25, 0.3) is 5.91 Å². The number of oxime groups is 1. The molecule has 0 unspecified atom stereocenters. The fourth-order valence-electron chi connectivity index (χ4n) is 2.74. The standard InChI is InChI=1S/C16H22N4O8/c1-16(18-9-5-4-6-12(19-25)17-13(9)21)7-10(27-15(23)24)11(28-16)8-26-14(22)20(2)3/h4,6,10-11,25H,5,7-8H2,1-3H3,(H,23,24)(H,17,19,21)/t10-,11+,16-/m0/s1. The summed E-state index contributed by atoms with van der Waals surface area (Å²) in [6.45, 7) is 1.32. The number of rotatable bonds is 4. The van der Waals surface area contributed by atoms with Crippen LogP contribution in [-0.2, 0) is 19.0 Å². The quantitative estimate of drug-likeness (QED) is 0.352. The average molecular weight is 398 g/mol. The number of aliphatic imine (C=N–C) groups is 1. The van der Waals surface area contributed by atoms with E-state index < -0.39 is 36.1 Å². The lowest BCUT2D eigenvalue weighted by Crippen LogP contribution is -2.36. The second-order valence-electron chi connectivity index (χ2n) is 6.53. The first-order valence-electron chi connectivity index (χ1n) is 8.33. The Labute approximate surface area is 160 Å². The van der Waals surface area contributed by atoms with E-state index in [1.165, 1.54) is 25.1 Å². The molecule has 1 saturated heterocycles. The molecule has 0 aromatic rings. The Bertz CT molecular complexity index is 732. The average Bonchev–Trinajstić information content (AvgIpc) is 2.80. The molecule has 0 bridgehead atoms. The molecule has 2 aliphatic rings. The van der Waals surface area contributed by atoms with Crippen molar-refractivity contribution < 1.29 is 38.9 Å². The zero-order chi connectivity index (χ0) is 20.9. The predicted octanol–water partition coefficient (Wildman–Crippen LogP) is 0.558. The Balaban J connectivity index is 2.17. The summed E-state index contributed by atoms with van der Waals surface area (Å²) in [6, 6.07) is 0. The zero-order valence-corrected chi connectivity index (χ0v) is 15.6. The molecular weight excluding hydrogens is 376 g/mol. The molecule has 2 amide bonds. The molecule has 0 aromatic heterocycles. The minimum absolute atomic E-state index is 0.0188. The molecule has 2 rings (SSSR count). The van der Waals surface area contributed by atoms with Crippen LogP contribution in [0, 0.1) is 0 Å². The number of amidine groups is 1. The maximum absolute atomic E-state index is 12.2. The van der Waals surface area contributed by atoms with Gasteiger partial charge in [0.2, 0.25) is 0 Å². The first-order valence-corrected chi connectivity index (χ1v) is 8.33. The fraction of sp³-hybridized carbons (Fsp3) is 0.562. The highest BCUT2D eigenvalue weighted by molar-refractivity contribution is 6.43. The fourth-order valence-corrected chi connectivity index (χ4v) is 2.74. The highest BCUT2D eigenvalue weighted by atomic mass is 16.7. The van der Waals surface area contributed by atoms with Gasteiger partial charge in [-0.1, -0.05) is 11.2 Å². The van der Waals surface area contributed by atoms with E-state index in [0.717, 1.165) is 0 Å². The largest absolute Gasteiger partial charge is 0.506 e. The molecule has 2 heterocycles. The van der Waals surface area contributed by atoms with Crippen LogP contribution in [0.1, 0.15) is 19.8 Å². The van der Waals surface area contributed by atoms with Crippen LogP contribution in [0.2, 0.25) is 0 Å². The van der Waals surface area contributed by atoms with Gasteiger partial charge in [0.1, 0.15) is 24.5 Å². The van der Waals surface area contributed by atoms with E-state index in [0.29, 0.717) is 0 Å². The molecule has 2 aliphatic heterocycles. The Kier molecular flexibility index (Phi) is 6.57. The van der Waals surface area contributed by atoms with Crippen molar-refractivity contribution in [2.45, 2.75) is 37.7 Å². The number of allylic oxidation sites excluding steroid dienone is 1. The van der Waals surface area contributed by atoms with Crippen LogP contribution in [0.3, 0.4) is 0 Å². The molecule has 1 fully saturated rings. The van der Waals surface area contributed by atoms with Gasteiger partial charge in [-0.15, -0.1) is 0 Å². The van der Waals surface area contributed by atoms with Crippen LogP contribution in [0.15, 0.2) is 22.3 Å². The maximum atomic E-state index is 12.2. The maximum Gasteiger partial charge on any atom is 0.506 e. The highest BCUT2D eigenvalue weighted by Crippen LogP contribution is 2.34. The SMILES string of the molecule is CN(C)C(=O)OC[C@H]1O[C@](C)(N=C2CC=CC(=NO)NC2=O)C[C@@H]1OC(=O)O. The van der Waals surface area contributed by atoms with Crippen LogP contribution < -0.4 is 5.32 Å². The van der Waals surface area contributed by atoms with Crippen molar-refractivity contribution in [1.29, 1.82) is 0 Å². The second kappa shape index (κ2) is 8.69. The van der Waals surface area contributed by atoms with E-state index in [-0.39, 0.29) is 31.0 Å². The van der Waals surface area contributed by atoms with Gasteiger partial charge in [0.15, 0.2) is 11.6 Å². The van der Waals surface area contributed by atoms with Gasteiger partial charge in [-0.2, -0.15) is 0 Å². The number of carboxylic acid groups (broad SMARTS) is 1. The number of amides is 2. The number of carbonyl (C=O) groups is 3. The minimum atomic E-state index is -1.51. The van der Waals surface area contributed by atoms with Crippen molar-refractivity contribution in [1.82, 2.24) is 10.2 Å². The molecule has 3 N–H and O–H groups in total. The highest BCUT2D eigenvalue weighted by Gasteiger charge is 2.47. The zero-order valence-electron chi connectivity index (χ0n) is 15.6. The molecule has 12 nitrogen and oxygen atoms in total. The number of carbonyl (C=O) groups excluding carboxylic acids is 2. The lowest BCUT2D eigenvalue weighted by Gasteiger charge is -2.21. The Hall–Kier alpha value is -3.15. The lowest BCUT2D eigenvalue weighted by molar-refractivity contribution is -0.113. The van der Waals surface area contributed by atoms with Crippen LogP contribution in [0.4, 0.5) is 9.59 Å². The molecule has 0 saturated carbocycles. The first kappa shape index (κ1) is 21.2. The van der Waals surface area contributed by atoms with Gasteiger partial charge in [0, 0.05) is 26.9 Å². The molecule has 0 spiro atoms. The van der Waals surface area contributed by atoms with E-state index in [2.05, 4.69) is 15.5 Å². The third kappa shape index (κ3) is 5.42. The van der Waals surface area contributed by atoms with E-state index >= 15 is 0 Å². The van der Waals surface area contributed by atoms with Gasteiger partial charge in [-0.3, -0.25) is 4.79 Å². The van der Waals surface area contributed by atoms with Crippen molar-refractivity contribution in [3.8, 4) is 0 Å². The number of hydrogen-bond donors (Lipinski definition) is 3. The summed E-state index contributed by atoms with van der Waals surface area (Å²) in [7, 11) is 3.00. The molecule has 154 valence electrons. The van der Waals surface area contributed by atoms with Gasteiger partial charge >= 0.3 is 12.2 Å². The normalized spacial score (nSPS) is 30.0. The Morgan fingerprint density at radius 3 is 2.79 bits per heavy atom. The van der Waals surface area contributed by atoms with Crippen molar-refractivity contribution in [3.05, 3.63) is 12.2 Å². The topological polar surface area (TPSA) is 159 Å². The lowest BCUT2D eigenvalue weighted by atomic mass is 10.1. The summed E-state index contributed by atoms with van der Waals surface area (Å²) in [5, 5.41) is 23.0. The molecule has 28 heavy (non-hydrogen) atoms. The van der Waals surface area contributed by atoms with Crippen molar-refractivity contribution in [2.75, 3.05) is 20.7 Å². The summed E-state index contributed by atoms with van der Waals surface area (Å²) >= 11 is 0. The molecule has 0 radical (unpaired) electrons. The summed E-state index contributed by atoms with van der Waals surface area (Å²) in [6.07, 6.45) is -0.812. The van der Waals surface area contributed by atoms with Gasteiger partial charge < -0.3 is 34.7 Å². The summed E-state index contributed by atoms with van der Waals surface area (Å²) < 4.78 is 15.7. The van der Waals surface area contributed by atoms with Gasteiger partial charge in [-0.05, 0) is 13.0 Å². The van der Waals surface area contributed by atoms with Crippen LogP contribution >= 0.6 is 0 Å². The van der Waals surface area contributed by atoms with E-state index in [1.807, 2.05) is 0 Å². The van der Waals surface area contributed by atoms with Crippen molar-refractivity contribution >= 4 is 29.7 Å². The summed E-state index contributed by atoms with van der Waals surface area (Å²) in [4.78, 5) is 40.3. The third-order valence-corrected chi connectivity index (χ3v) is 3.96. The summed E-state index contributed by atoms with van der Waals surface area (Å²) in [5.41, 5.74) is -1.19. The van der Waals surface area contributed by atoms with Crippen LogP contribution in [-0.4, -0.2) is 83.6 Å². The smallest absolute Gasteiger partial charge is 0.450 e. The molecule has 0 aliphatic carbocycles. The van der Waals surface area contributed by atoms with E-state index in [4.69, 9.17) is 24.5 Å². The Morgan fingerprint density at radius 2 is 2.18 bits per heavy atom. The van der Waals surface area contributed by atoms with E-state index in [1.54, 1.807) is 13.0 Å². The minimum Gasteiger partial charge on any atom is -0.450 e.